The van der Waals surface area contributed by atoms with Gasteiger partial charge in [-0.25, -0.2) is 17.5 Å². The molecule has 0 spiro atoms. The molecular formula is C17H16ClNO6S. The largest absolute Gasteiger partial charge is 0.488 e. The molecule has 0 saturated heterocycles. The number of benzene rings is 1. The number of halogens is 1. The zero-order valence-electron chi connectivity index (χ0n) is 14.1. The first-order valence-electron chi connectivity index (χ1n) is 7.58. The molecule has 0 radical (unpaired) electrons. The van der Waals surface area contributed by atoms with Crippen LogP contribution >= 0.6 is 11.6 Å². The minimum Gasteiger partial charge on any atom is -0.488 e. The molecule has 0 N–H and O–H groups in total. The molecule has 9 heteroatoms. The quantitative estimate of drug-likeness (QED) is 0.721. The maximum Gasteiger partial charge on any atom is 0.337 e. The number of rotatable bonds is 5. The fourth-order valence-electron chi connectivity index (χ4n) is 2.25. The lowest BCUT2D eigenvalue weighted by Gasteiger charge is -2.17. The van der Waals surface area contributed by atoms with Crippen molar-refractivity contribution in [3.05, 3.63) is 52.3 Å². The lowest BCUT2D eigenvalue weighted by molar-refractivity contribution is -0.141. The first kappa shape index (κ1) is 18.5. The van der Waals surface area contributed by atoms with E-state index in [4.69, 9.17) is 25.5 Å². The predicted octanol–water partition coefficient (Wildman–Crippen LogP) is 2.70. The summed E-state index contributed by atoms with van der Waals surface area (Å²) in [7, 11) is -0.870. The molecule has 1 aromatic heterocycles. The average molecular weight is 398 g/mol. The molecule has 2 aromatic rings. The van der Waals surface area contributed by atoms with Crippen molar-refractivity contribution in [3.63, 3.8) is 0 Å². The second-order valence-corrected chi connectivity index (χ2v) is 8.24. The van der Waals surface area contributed by atoms with Crippen molar-refractivity contribution in [2.75, 3.05) is 20.7 Å². The number of hydrogen-bond acceptors (Lipinski definition) is 6. The number of hydrogen-bond donors (Lipinski definition) is 0. The maximum atomic E-state index is 12.2. The SMILES string of the molecule is CN(C)S(=O)(=O)c1ccc(COC(=O)C2=Cc3cc(Cl)ccc3OC2)o1. The predicted molar refractivity (Wildman–Crippen MR) is 94.3 cm³/mol. The van der Waals surface area contributed by atoms with Crippen molar-refractivity contribution in [3.8, 4) is 5.75 Å². The summed E-state index contributed by atoms with van der Waals surface area (Å²) in [5.41, 5.74) is 1.01. The van der Waals surface area contributed by atoms with Gasteiger partial charge in [-0.1, -0.05) is 11.6 Å². The Kier molecular flexibility index (Phi) is 5.08. The summed E-state index contributed by atoms with van der Waals surface area (Å²) in [6.07, 6.45) is 1.65. The molecule has 3 rings (SSSR count). The fourth-order valence-corrected chi connectivity index (χ4v) is 3.24. The van der Waals surface area contributed by atoms with E-state index < -0.39 is 16.0 Å². The van der Waals surface area contributed by atoms with Crippen LogP contribution in [0.2, 0.25) is 5.02 Å². The Balaban J connectivity index is 1.68. The van der Waals surface area contributed by atoms with Crippen LogP contribution in [-0.2, 0) is 26.2 Å². The Morgan fingerprint density at radius 2 is 2.04 bits per heavy atom. The third kappa shape index (κ3) is 3.77. The number of furan rings is 1. The van der Waals surface area contributed by atoms with Crippen molar-refractivity contribution in [1.29, 1.82) is 0 Å². The standard InChI is InChI=1S/C17H16ClNO6S/c1-19(2)26(21,22)16-6-4-14(25-16)10-24-17(20)12-7-11-8-13(18)3-5-15(11)23-9-12/h3-8H,9-10H2,1-2H3. The van der Waals surface area contributed by atoms with Crippen LogP contribution in [-0.4, -0.2) is 39.4 Å². The third-order valence-electron chi connectivity index (χ3n) is 3.66. The van der Waals surface area contributed by atoms with Gasteiger partial charge in [-0.05, 0) is 36.4 Å². The van der Waals surface area contributed by atoms with Gasteiger partial charge in [0.25, 0.3) is 10.0 Å². The van der Waals surface area contributed by atoms with Gasteiger partial charge in [-0.3, -0.25) is 0 Å². The molecule has 1 aliphatic heterocycles. The smallest absolute Gasteiger partial charge is 0.337 e. The summed E-state index contributed by atoms with van der Waals surface area (Å²) < 4.78 is 40.9. The monoisotopic (exact) mass is 397 g/mol. The Morgan fingerprint density at radius 1 is 1.27 bits per heavy atom. The minimum atomic E-state index is -3.67. The molecule has 0 amide bonds. The number of carbonyl (C=O) groups is 1. The van der Waals surface area contributed by atoms with E-state index >= 15 is 0 Å². The van der Waals surface area contributed by atoms with Gasteiger partial charge >= 0.3 is 5.97 Å². The number of sulfonamides is 1. The van der Waals surface area contributed by atoms with E-state index in [1.165, 1.54) is 26.2 Å². The van der Waals surface area contributed by atoms with Gasteiger partial charge in [0.05, 0.1) is 5.57 Å². The van der Waals surface area contributed by atoms with E-state index in [-0.39, 0.29) is 24.1 Å². The zero-order valence-corrected chi connectivity index (χ0v) is 15.6. The van der Waals surface area contributed by atoms with Crippen LogP contribution in [0.25, 0.3) is 6.08 Å². The maximum absolute atomic E-state index is 12.2. The van der Waals surface area contributed by atoms with E-state index in [9.17, 15) is 13.2 Å². The molecule has 0 unspecified atom stereocenters. The zero-order chi connectivity index (χ0) is 18.9. The minimum absolute atomic E-state index is 0.0753. The molecule has 26 heavy (non-hydrogen) atoms. The van der Waals surface area contributed by atoms with E-state index in [0.29, 0.717) is 21.9 Å². The Bertz CT molecular complexity index is 977. The first-order valence-corrected chi connectivity index (χ1v) is 9.40. The van der Waals surface area contributed by atoms with Crippen molar-refractivity contribution in [1.82, 2.24) is 4.31 Å². The summed E-state index contributed by atoms with van der Waals surface area (Å²) in [6, 6.07) is 7.89. The Morgan fingerprint density at radius 3 is 2.77 bits per heavy atom. The highest BCUT2D eigenvalue weighted by Crippen LogP contribution is 2.29. The van der Waals surface area contributed by atoms with E-state index in [1.807, 2.05) is 0 Å². The first-order chi connectivity index (χ1) is 12.3. The summed E-state index contributed by atoms with van der Waals surface area (Å²) in [5, 5.41) is 0.320. The number of esters is 1. The Hall–Kier alpha value is -2.29. The molecular weight excluding hydrogens is 382 g/mol. The second kappa shape index (κ2) is 7.14. The van der Waals surface area contributed by atoms with Crippen molar-refractivity contribution < 1.29 is 27.1 Å². The van der Waals surface area contributed by atoms with Crippen molar-refractivity contribution >= 4 is 33.7 Å². The van der Waals surface area contributed by atoms with Gasteiger partial charge in [0, 0.05) is 24.7 Å². The molecule has 0 aliphatic carbocycles. The number of ether oxygens (including phenoxy) is 2. The number of fused-ring (bicyclic) bond motifs is 1. The van der Waals surface area contributed by atoms with Crippen LogP contribution in [0.5, 0.6) is 5.75 Å². The fraction of sp³-hybridized carbons (Fsp3) is 0.235. The molecule has 0 atom stereocenters. The summed E-state index contributed by atoms with van der Waals surface area (Å²) >= 11 is 5.94. The summed E-state index contributed by atoms with van der Waals surface area (Å²) in [4.78, 5) is 12.2. The van der Waals surface area contributed by atoms with Gasteiger partial charge in [0.2, 0.25) is 5.09 Å². The van der Waals surface area contributed by atoms with Crippen LogP contribution in [0.1, 0.15) is 11.3 Å². The summed E-state index contributed by atoms with van der Waals surface area (Å²) in [6.45, 7) is -0.118. The van der Waals surface area contributed by atoms with Crippen LogP contribution in [0.4, 0.5) is 0 Å². The summed E-state index contributed by atoms with van der Waals surface area (Å²) in [5.74, 6) is 0.277. The van der Waals surface area contributed by atoms with Crippen molar-refractivity contribution in [2.45, 2.75) is 11.7 Å². The van der Waals surface area contributed by atoms with Crippen molar-refractivity contribution in [2.24, 2.45) is 0 Å². The molecule has 0 fully saturated rings. The Labute approximate surface area is 155 Å². The average Bonchev–Trinajstić information content (AvgIpc) is 3.08. The van der Waals surface area contributed by atoms with Crippen LogP contribution < -0.4 is 4.74 Å². The van der Waals surface area contributed by atoms with Gasteiger partial charge in [-0.2, -0.15) is 0 Å². The van der Waals surface area contributed by atoms with E-state index in [1.54, 1.807) is 24.3 Å². The molecule has 138 valence electrons. The van der Waals surface area contributed by atoms with Crippen LogP contribution in [0, 0.1) is 0 Å². The highest BCUT2D eigenvalue weighted by atomic mass is 35.5. The van der Waals surface area contributed by atoms with Gasteiger partial charge in [0.15, 0.2) is 0 Å². The lowest BCUT2D eigenvalue weighted by atomic mass is 10.1. The number of carbonyl (C=O) groups excluding carboxylic acids is 1. The van der Waals surface area contributed by atoms with E-state index in [0.717, 1.165) is 4.31 Å². The highest BCUT2D eigenvalue weighted by Gasteiger charge is 2.23. The van der Waals surface area contributed by atoms with Crippen LogP contribution in [0.3, 0.4) is 0 Å². The third-order valence-corrected chi connectivity index (χ3v) is 5.59. The second-order valence-electron chi connectivity index (χ2n) is 5.72. The molecule has 1 aliphatic rings. The number of nitrogens with zero attached hydrogens (tertiary/aromatic N) is 1. The molecule has 0 saturated carbocycles. The molecule has 2 heterocycles. The van der Waals surface area contributed by atoms with E-state index in [2.05, 4.69) is 0 Å². The van der Waals surface area contributed by atoms with Gasteiger partial charge in [0.1, 0.15) is 24.7 Å². The topological polar surface area (TPSA) is 86.0 Å². The van der Waals surface area contributed by atoms with Gasteiger partial charge in [-0.15, -0.1) is 0 Å². The molecule has 7 nitrogen and oxygen atoms in total. The highest BCUT2D eigenvalue weighted by molar-refractivity contribution is 7.88. The van der Waals surface area contributed by atoms with Gasteiger partial charge < -0.3 is 13.9 Å². The molecule has 1 aromatic carbocycles. The normalized spacial score (nSPS) is 13.8. The molecule has 0 bridgehead atoms. The lowest BCUT2D eigenvalue weighted by Crippen LogP contribution is -2.21. The van der Waals surface area contributed by atoms with Crippen LogP contribution in [0.15, 0.2) is 45.4 Å².